The monoisotopic (exact) mass is 374 g/mol. The van der Waals surface area contributed by atoms with Crippen LogP contribution in [0, 0.1) is 0 Å². The fourth-order valence-corrected chi connectivity index (χ4v) is 3.50. The highest BCUT2D eigenvalue weighted by Crippen LogP contribution is 2.40. The Hall–Kier alpha value is -2.11. The molecular weight excluding hydrogens is 351 g/mol. The Labute approximate surface area is 152 Å². The van der Waals surface area contributed by atoms with Crippen LogP contribution >= 0.6 is 7.82 Å². The summed E-state index contributed by atoms with van der Waals surface area (Å²) in [6, 6.07) is 17.7. The molecule has 1 heterocycles. The number of rotatable bonds is 7. The second-order valence-corrected chi connectivity index (χ2v) is 7.77. The summed E-state index contributed by atoms with van der Waals surface area (Å²) in [5.41, 5.74) is 3.06. The number of fused-ring (bicyclic) bond motifs is 1. The minimum Gasteiger partial charge on any atom is -0.404 e. The number of hydrogen-bond donors (Lipinski definition) is 3. The number of H-pyrrole nitrogens is 1. The molecule has 1 atom stereocenters. The molecule has 26 heavy (non-hydrogen) atoms. The van der Waals surface area contributed by atoms with Crippen LogP contribution in [0.25, 0.3) is 10.9 Å². The molecule has 0 fully saturated rings. The summed E-state index contributed by atoms with van der Waals surface area (Å²) >= 11 is 0. The van der Waals surface area contributed by atoms with E-state index in [0.717, 1.165) is 24.1 Å². The van der Waals surface area contributed by atoms with Gasteiger partial charge in [-0.15, -0.1) is 0 Å². The van der Waals surface area contributed by atoms with Gasteiger partial charge < -0.3 is 14.4 Å². The van der Waals surface area contributed by atoms with Crippen LogP contribution in [-0.4, -0.2) is 39.8 Å². The number of hydrogen-bond acceptors (Lipinski definition) is 3. The molecule has 0 aliphatic heterocycles. The predicted molar refractivity (Wildman–Crippen MR) is 102 cm³/mol. The van der Waals surface area contributed by atoms with Gasteiger partial charge in [0.2, 0.25) is 0 Å². The van der Waals surface area contributed by atoms with E-state index in [2.05, 4.69) is 36.1 Å². The zero-order valence-corrected chi connectivity index (χ0v) is 15.7. The van der Waals surface area contributed by atoms with Crippen molar-refractivity contribution in [3.05, 3.63) is 65.9 Å². The summed E-state index contributed by atoms with van der Waals surface area (Å²) in [5, 5.41) is 0.669. The van der Waals surface area contributed by atoms with Crippen molar-refractivity contribution >= 4 is 18.7 Å². The van der Waals surface area contributed by atoms with Crippen molar-refractivity contribution in [3.63, 3.8) is 0 Å². The van der Waals surface area contributed by atoms with Crippen LogP contribution in [-0.2, 0) is 17.4 Å². The first-order valence-electron chi connectivity index (χ1n) is 8.38. The van der Waals surface area contributed by atoms with Gasteiger partial charge in [-0.25, -0.2) is 4.57 Å². The van der Waals surface area contributed by atoms with Gasteiger partial charge >= 0.3 is 7.82 Å². The van der Waals surface area contributed by atoms with E-state index in [1.165, 1.54) is 5.56 Å². The Morgan fingerprint density at radius 3 is 2.46 bits per heavy atom. The SMILES string of the molecule is CN(C)C(Cc1ccccc1)Cc1cc2c(OP(=O)(O)O)cccc2[nH]1. The molecule has 1 aromatic heterocycles. The lowest BCUT2D eigenvalue weighted by atomic mass is 10.0. The first-order valence-corrected chi connectivity index (χ1v) is 9.91. The lowest BCUT2D eigenvalue weighted by Gasteiger charge is -2.24. The van der Waals surface area contributed by atoms with Crippen molar-refractivity contribution in [2.24, 2.45) is 0 Å². The number of nitrogens with one attached hydrogen (secondary N) is 1. The summed E-state index contributed by atoms with van der Waals surface area (Å²) in [5.74, 6) is 0.183. The molecule has 0 saturated carbocycles. The average Bonchev–Trinajstić information content (AvgIpc) is 2.97. The third-order valence-corrected chi connectivity index (χ3v) is 4.83. The standard InChI is InChI=1S/C19H23N2O4P/c1-21(2)16(11-14-7-4-3-5-8-14)12-15-13-17-18(20-15)9-6-10-19(17)25-26(22,23)24/h3-10,13,16,20H,11-12H2,1-2H3,(H2,22,23,24). The van der Waals surface area contributed by atoms with Gasteiger partial charge in [0, 0.05) is 29.1 Å². The van der Waals surface area contributed by atoms with Gasteiger partial charge in [-0.2, -0.15) is 0 Å². The van der Waals surface area contributed by atoms with Crippen molar-refractivity contribution in [1.29, 1.82) is 0 Å². The molecule has 3 aromatic rings. The molecule has 0 aliphatic carbocycles. The Morgan fingerprint density at radius 1 is 1.08 bits per heavy atom. The Kier molecular flexibility index (Phi) is 5.49. The number of nitrogens with zero attached hydrogens (tertiary/aromatic N) is 1. The first kappa shape index (κ1) is 18.7. The summed E-state index contributed by atoms with van der Waals surface area (Å²) in [6.45, 7) is 0. The van der Waals surface area contributed by atoms with Crippen LogP contribution in [0.2, 0.25) is 0 Å². The van der Waals surface area contributed by atoms with Gasteiger partial charge in [0.15, 0.2) is 0 Å². The average molecular weight is 374 g/mol. The van der Waals surface area contributed by atoms with Gasteiger partial charge in [0.05, 0.1) is 0 Å². The van der Waals surface area contributed by atoms with Gasteiger partial charge in [0.1, 0.15) is 5.75 Å². The van der Waals surface area contributed by atoms with E-state index in [4.69, 9.17) is 14.3 Å². The van der Waals surface area contributed by atoms with Gasteiger partial charge in [-0.3, -0.25) is 9.79 Å². The predicted octanol–water partition coefficient (Wildman–Crippen LogP) is 3.35. The largest absolute Gasteiger partial charge is 0.524 e. The van der Waals surface area contributed by atoms with Crippen LogP contribution in [0.15, 0.2) is 54.6 Å². The number of aromatic amines is 1. The van der Waals surface area contributed by atoms with Crippen molar-refractivity contribution in [2.75, 3.05) is 14.1 Å². The quantitative estimate of drug-likeness (QED) is 0.552. The smallest absolute Gasteiger partial charge is 0.404 e. The molecule has 1 unspecified atom stereocenters. The van der Waals surface area contributed by atoms with Crippen molar-refractivity contribution in [1.82, 2.24) is 9.88 Å². The maximum absolute atomic E-state index is 11.2. The van der Waals surface area contributed by atoms with Crippen LogP contribution in [0.1, 0.15) is 11.3 Å². The van der Waals surface area contributed by atoms with Crippen LogP contribution in [0.5, 0.6) is 5.75 Å². The molecule has 0 saturated heterocycles. The molecule has 3 rings (SSSR count). The van der Waals surface area contributed by atoms with E-state index in [0.29, 0.717) is 5.39 Å². The molecule has 0 aliphatic rings. The zero-order valence-electron chi connectivity index (χ0n) is 14.8. The summed E-state index contributed by atoms with van der Waals surface area (Å²) in [4.78, 5) is 23.7. The molecule has 0 spiro atoms. The first-order chi connectivity index (χ1) is 12.3. The molecule has 0 amide bonds. The van der Waals surface area contributed by atoms with E-state index in [1.54, 1.807) is 12.1 Å². The fraction of sp³-hybridized carbons (Fsp3) is 0.263. The summed E-state index contributed by atoms with van der Waals surface area (Å²) in [7, 11) is -0.486. The molecule has 0 bridgehead atoms. The van der Waals surface area contributed by atoms with Crippen LogP contribution < -0.4 is 4.52 Å². The lowest BCUT2D eigenvalue weighted by molar-refractivity contribution is 0.284. The van der Waals surface area contributed by atoms with E-state index >= 15 is 0 Å². The number of phosphoric ester groups is 1. The molecular formula is C19H23N2O4P. The van der Waals surface area contributed by atoms with Gasteiger partial charge in [-0.05, 0) is 44.3 Å². The van der Waals surface area contributed by atoms with E-state index < -0.39 is 7.82 Å². The second kappa shape index (κ2) is 7.64. The van der Waals surface area contributed by atoms with E-state index in [-0.39, 0.29) is 11.8 Å². The Morgan fingerprint density at radius 2 is 1.81 bits per heavy atom. The minimum absolute atomic E-state index is 0.183. The number of likely N-dealkylation sites (N-methyl/N-ethyl adjacent to an activating group) is 1. The summed E-state index contributed by atoms with van der Waals surface area (Å²) < 4.78 is 16.0. The summed E-state index contributed by atoms with van der Waals surface area (Å²) in [6.07, 6.45) is 1.70. The van der Waals surface area contributed by atoms with E-state index in [1.807, 2.05) is 30.3 Å². The maximum Gasteiger partial charge on any atom is 0.524 e. The molecule has 3 N–H and O–H groups in total. The maximum atomic E-state index is 11.2. The number of benzene rings is 2. The molecule has 0 radical (unpaired) electrons. The fourth-order valence-electron chi connectivity index (χ4n) is 3.08. The zero-order chi connectivity index (χ0) is 18.7. The molecule has 2 aromatic carbocycles. The van der Waals surface area contributed by atoms with E-state index in [9.17, 15) is 4.57 Å². The minimum atomic E-state index is -4.59. The van der Waals surface area contributed by atoms with Crippen LogP contribution in [0.3, 0.4) is 0 Å². The van der Waals surface area contributed by atoms with Gasteiger partial charge in [-0.1, -0.05) is 36.4 Å². The van der Waals surface area contributed by atoms with Gasteiger partial charge in [0.25, 0.3) is 0 Å². The highest BCUT2D eigenvalue weighted by molar-refractivity contribution is 7.46. The highest BCUT2D eigenvalue weighted by atomic mass is 31.2. The third-order valence-electron chi connectivity index (χ3n) is 4.40. The van der Waals surface area contributed by atoms with Crippen molar-refractivity contribution < 1.29 is 18.9 Å². The Bertz CT molecular complexity index is 918. The topological polar surface area (TPSA) is 85.8 Å². The third kappa shape index (κ3) is 4.74. The van der Waals surface area contributed by atoms with Crippen molar-refractivity contribution in [2.45, 2.75) is 18.9 Å². The number of aromatic nitrogens is 1. The number of phosphoric acid groups is 1. The Balaban J connectivity index is 1.85. The molecule has 7 heteroatoms. The van der Waals surface area contributed by atoms with Crippen molar-refractivity contribution in [3.8, 4) is 5.75 Å². The molecule has 138 valence electrons. The molecule has 6 nitrogen and oxygen atoms in total. The lowest BCUT2D eigenvalue weighted by Crippen LogP contribution is -2.32. The van der Waals surface area contributed by atoms with Crippen LogP contribution in [0.4, 0.5) is 0 Å². The highest BCUT2D eigenvalue weighted by Gasteiger charge is 2.19. The normalized spacial score (nSPS) is 13.3. The second-order valence-electron chi connectivity index (χ2n) is 6.61.